The van der Waals surface area contributed by atoms with Gasteiger partial charge in [-0.15, -0.1) is 0 Å². The van der Waals surface area contributed by atoms with Gasteiger partial charge in [0.1, 0.15) is 17.0 Å². The number of fused-ring (bicyclic) bond motifs is 1. The maximum Gasteiger partial charge on any atom is 0.416 e. The number of hydrogen-bond acceptors (Lipinski definition) is 8. The van der Waals surface area contributed by atoms with Gasteiger partial charge in [0.15, 0.2) is 0 Å². The fourth-order valence-electron chi connectivity index (χ4n) is 3.22. The Kier molecular flexibility index (Phi) is 7.46. The number of anilines is 1. The van der Waals surface area contributed by atoms with Gasteiger partial charge in [0.2, 0.25) is 5.95 Å². The van der Waals surface area contributed by atoms with Crippen molar-refractivity contribution in [3.05, 3.63) is 52.8 Å². The highest BCUT2D eigenvalue weighted by atomic mass is 16.6. The van der Waals surface area contributed by atoms with Gasteiger partial charge in [-0.05, 0) is 59.7 Å². The van der Waals surface area contributed by atoms with Crippen molar-refractivity contribution < 1.29 is 24.0 Å². The summed E-state index contributed by atoms with van der Waals surface area (Å²) in [5.41, 5.74) is -0.775. The van der Waals surface area contributed by atoms with Crippen LogP contribution >= 0.6 is 0 Å². The number of amides is 2. The molecule has 12 nitrogen and oxygen atoms in total. The van der Waals surface area contributed by atoms with Crippen molar-refractivity contribution in [2.75, 3.05) is 18.0 Å². The SMILES string of the molecule is CC(C)(C)OC(=O)NCCN(C(=O)OC(C)(C)C)c1ccnc(-n2ccc3cc([N+](=O)[O-])ccc32)n1. The van der Waals surface area contributed by atoms with Gasteiger partial charge in [-0.25, -0.2) is 14.6 Å². The second-order valence-corrected chi connectivity index (χ2v) is 9.96. The molecule has 0 saturated carbocycles. The molecule has 0 saturated heterocycles. The number of ether oxygens (including phenoxy) is 2. The van der Waals surface area contributed by atoms with Crippen LogP contribution in [0.1, 0.15) is 41.5 Å². The molecule has 0 aliphatic heterocycles. The van der Waals surface area contributed by atoms with Gasteiger partial charge < -0.3 is 14.8 Å². The van der Waals surface area contributed by atoms with Crippen LogP contribution < -0.4 is 10.2 Å². The molecule has 1 N–H and O–H groups in total. The molecule has 2 amide bonds. The van der Waals surface area contributed by atoms with E-state index in [4.69, 9.17) is 9.47 Å². The molecular weight excluding hydrogens is 468 g/mol. The number of hydrogen-bond donors (Lipinski definition) is 1. The number of benzene rings is 1. The largest absolute Gasteiger partial charge is 0.444 e. The molecule has 0 aliphatic rings. The number of nitro benzene ring substituents is 1. The maximum atomic E-state index is 13.0. The van der Waals surface area contributed by atoms with E-state index in [1.165, 1.54) is 23.2 Å². The smallest absolute Gasteiger partial charge is 0.416 e. The lowest BCUT2D eigenvalue weighted by Crippen LogP contribution is -2.43. The van der Waals surface area contributed by atoms with Crippen molar-refractivity contribution in [1.29, 1.82) is 0 Å². The highest BCUT2D eigenvalue weighted by Gasteiger charge is 2.25. The maximum absolute atomic E-state index is 13.0. The number of non-ortho nitro benzene ring substituents is 1. The fourth-order valence-corrected chi connectivity index (χ4v) is 3.22. The van der Waals surface area contributed by atoms with Crippen LogP contribution in [0.15, 0.2) is 42.7 Å². The Morgan fingerprint density at radius 3 is 2.42 bits per heavy atom. The fraction of sp³-hybridized carbons (Fsp3) is 0.417. The first-order chi connectivity index (χ1) is 16.7. The summed E-state index contributed by atoms with van der Waals surface area (Å²) in [4.78, 5) is 45.8. The normalized spacial score (nSPS) is 11.7. The summed E-state index contributed by atoms with van der Waals surface area (Å²) in [7, 11) is 0. The van der Waals surface area contributed by atoms with Crippen molar-refractivity contribution in [2.45, 2.75) is 52.7 Å². The molecule has 0 fully saturated rings. The molecule has 0 aliphatic carbocycles. The minimum absolute atomic E-state index is 0.0245. The summed E-state index contributed by atoms with van der Waals surface area (Å²) in [6, 6.07) is 7.75. The van der Waals surface area contributed by atoms with Crippen LogP contribution in [0.3, 0.4) is 0 Å². The minimum Gasteiger partial charge on any atom is -0.444 e. The summed E-state index contributed by atoms with van der Waals surface area (Å²) >= 11 is 0. The molecule has 2 aromatic heterocycles. The average Bonchev–Trinajstić information content (AvgIpc) is 3.17. The third-order valence-corrected chi connectivity index (χ3v) is 4.62. The molecule has 12 heteroatoms. The molecule has 192 valence electrons. The number of carbonyl (C=O) groups is 2. The third kappa shape index (κ3) is 6.90. The molecule has 0 unspecified atom stereocenters. The van der Waals surface area contributed by atoms with Gasteiger partial charge in [-0.2, -0.15) is 4.98 Å². The van der Waals surface area contributed by atoms with Crippen molar-refractivity contribution in [2.24, 2.45) is 0 Å². The van der Waals surface area contributed by atoms with E-state index in [0.29, 0.717) is 10.9 Å². The summed E-state index contributed by atoms with van der Waals surface area (Å²) in [5.74, 6) is 0.508. The Morgan fingerprint density at radius 2 is 1.78 bits per heavy atom. The van der Waals surface area contributed by atoms with Crippen molar-refractivity contribution in [3.8, 4) is 5.95 Å². The lowest BCUT2D eigenvalue weighted by Gasteiger charge is -2.27. The van der Waals surface area contributed by atoms with E-state index in [2.05, 4.69) is 15.3 Å². The van der Waals surface area contributed by atoms with Crippen LogP contribution in [0, 0.1) is 10.1 Å². The lowest BCUT2D eigenvalue weighted by atomic mass is 10.2. The van der Waals surface area contributed by atoms with E-state index in [1.54, 1.807) is 70.5 Å². The molecular formula is C24H30N6O6. The van der Waals surface area contributed by atoms with E-state index in [-0.39, 0.29) is 30.5 Å². The Hall–Kier alpha value is -4.22. The highest BCUT2D eigenvalue weighted by molar-refractivity contribution is 5.87. The number of nitrogens with zero attached hydrogens (tertiary/aromatic N) is 5. The van der Waals surface area contributed by atoms with E-state index in [9.17, 15) is 19.7 Å². The Morgan fingerprint density at radius 1 is 1.08 bits per heavy atom. The molecule has 0 radical (unpaired) electrons. The number of carbonyl (C=O) groups excluding carboxylic acids is 2. The van der Waals surface area contributed by atoms with Gasteiger partial charge in [-0.3, -0.25) is 19.6 Å². The number of alkyl carbamates (subject to hydrolysis) is 1. The van der Waals surface area contributed by atoms with Crippen molar-refractivity contribution in [3.63, 3.8) is 0 Å². The van der Waals surface area contributed by atoms with Gasteiger partial charge in [0, 0.05) is 43.0 Å². The number of nitro groups is 1. The third-order valence-electron chi connectivity index (χ3n) is 4.62. The zero-order valence-corrected chi connectivity index (χ0v) is 21.1. The lowest BCUT2D eigenvalue weighted by molar-refractivity contribution is -0.384. The van der Waals surface area contributed by atoms with Gasteiger partial charge in [0.05, 0.1) is 10.4 Å². The number of aromatic nitrogens is 3. The monoisotopic (exact) mass is 498 g/mol. The standard InChI is InChI=1S/C24H30N6O6/c1-23(2,3)35-21(31)26-12-14-29(22(32)36-24(4,5)6)19-9-11-25-20(27-19)28-13-10-16-15-17(30(33)34)7-8-18(16)28/h7-11,13,15H,12,14H2,1-6H3,(H,26,31). The number of rotatable bonds is 6. The van der Waals surface area contributed by atoms with Gasteiger partial charge in [0.25, 0.3) is 5.69 Å². The predicted molar refractivity (Wildman–Crippen MR) is 133 cm³/mol. The van der Waals surface area contributed by atoms with Gasteiger partial charge >= 0.3 is 12.2 Å². The molecule has 1 aromatic carbocycles. The molecule has 0 spiro atoms. The first kappa shape index (κ1) is 26.4. The molecule has 3 rings (SSSR count). The molecule has 0 bridgehead atoms. The average molecular weight is 499 g/mol. The second-order valence-electron chi connectivity index (χ2n) is 9.96. The first-order valence-electron chi connectivity index (χ1n) is 11.3. The summed E-state index contributed by atoms with van der Waals surface area (Å²) < 4.78 is 12.4. The van der Waals surface area contributed by atoms with Crippen LogP contribution in [-0.2, 0) is 9.47 Å². The van der Waals surface area contributed by atoms with E-state index < -0.39 is 28.3 Å². The van der Waals surface area contributed by atoms with Crippen LogP contribution in [0.4, 0.5) is 21.1 Å². The zero-order valence-electron chi connectivity index (χ0n) is 21.1. The Balaban J connectivity index is 1.88. The molecule has 0 atom stereocenters. The van der Waals surface area contributed by atoms with Crippen molar-refractivity contribution in [1.82, 2.24) is 19.9 Å². The molecule has 3 aromatic rings. The van der Waals surface area contributed by atoms with Crippen LogP contribution in [0.25, 0.3) is 16.9 Å². The predicted octanol–water partition coefficient (Wildman–Crippen LogP) is 4.59. The number of nitrogens with one attached hydrogen (secondary N) is 1. The molecule has 36 heavy (non-hydrogen) atoms. The van der Waals surface area contributed by atoms with Crippen molar-refractivity contribution >= 4 is 34.6 Å². The first-order valence-corrected chi connectivity index (χ1v) is 11.3. The minimum atomic E-state index is -0.755. The highest BCUT2D eigenvalue weighted by Crippen LogP contribution is 2.24. The second kappa shape index (κ2) is 10.2. The summed E-state index contributed by atoms with van der Waals surface area (Å²) in [6.45, 7) is 10.7. The quantitative estimate of drug-likeness (QED) is 0.384. The van der Waals surface area contributed by atoms with E-state index in [1.807, 2.05) is 0 Å². The summed E-state index contributed by atoms with van der Waals surface area (Å²) in [6.07, 6.45) is 1.93. The summed E-state index contributed by atoms with van der Waals surface area (Å²) in [5, 5.41) is 14.4. The van der Waals surface area contributed by atoms with E-state index >= 15 is 0 Å². The zero-order chi connectivity index (χ0) is 26.7. The van der Waals surface area contributed by atoms with Crippen LogP contribution in [-0.4, -0.2) is 55.9 Å². The Labute approximate surface area is 208 Å². The topological polar surface area (TPSA) is 142 Å². The van der Waals surface area contributed by atoms with Crippen LogP contribution in [0.5, 0.6) is 0 Å². The van der Waals surface area contributed by atoms with Gasteiger partial charge in [-0.1, -0.05) is 0 Å². The van der Waals surface area contributed by atoms with E-state index in [0.717, 1.165) is 0 Å². The Bertz CT molecular complexity index is 1270. The molecule has 2 heterocycles. The van der Waals surface area contributed by atoms with Crippen LogP contribution in [0.2, 0.25) is 0 Å².